The Bertz CT molecular complexity index is 950. The maximum absolute atomic E-state index is 12.4. The van der Waals surface area contributed by atoms with Gasteiger partial charge in [-0.2, -0.15) is 0 Å². The Morgan fingerprint density at radius 1 is 1.09 bits per heavy atom. The fourth-order valence-electron chi connectivity index (χ4n) is 2.99. The number of aliphatic imine (C=N–C) groups is 1. The van der Waals surface area contributed by atoms with Crippen molar-refractivity contribution in [3.8, 4) is 0 Å². The van der Waals surface area contributed by atoms with Crippen LogP contribution in [-0.2, 0) is 27.7 Å². The van der Waals surface area contributed by atoms with Gasteiger partial charge in [0, 0.05) is 20.2 Å². The number of benzene rings is 2. The Kier molecular flexibility index (Phi) is 12.8. The molecule has 0 saturated carbocycles. The van der Waals surface area contributed by atoms with Gasteiger partial charge in [-0.25, -0.2) is 18.1 Å². The fraction of sp³-hybridized carbons (Fsp3) is 0.435. The molecule has 2 rings (SSSR count). The summed E-state index contributed by atoms with van der Waals surface area (Å²) >= 11 is 0. The van der Waals surface area contributed by atoms with Crippen LogP contribution in [-0.4, -0.2) is 41.2 Å². The van der Waals surface area contributed by atoms with Crippen molar-refractivity contribution in [2.45, 2.75) is 44.7 Å². The van der Waals surface area contributed by atoms with Gasteiger partial charge in [0.15, 0.2) is 5.96 Å². The van der Waals surface area contributed by atoms with E-state index in [1.165, 1.54) is 18.2 Å². The first kappa shape index (κ1) is 28.3. The molecule has 0 amide bonds. The standard InChI is InChI=1S/C23H34N4O3S.HI/c1-5-19-10-12-21(13-11-19)18(3)27-23(24-6-2)25-17-20-8-7-9-22(16-20)31(28,29)26-14-15-30-4;/h7-13,16,18,26H,5-6,14-15,17H2,1-4H3,(H2,24,25,27);1H. The van der Waals surface area contributed by atoms with Gasteiger partial charge in [-0.3, -0.25) is 0 Å². The van der Waals surface area contributed by atoms with E-state index in [4.69, 9.17) is 4.74 Å². The summed E-state index contributed by atoms with van der Waals surface area (Å²) in [6, 6.07) is 15.5. The maximum atomic E-state index is 12.4. The Labute approximate surface area is 209 Å². The molecular weight excluding hydrogens is 539 g/mol. The second-order valence-electron chi connectivity index (χ2n) is 7.19. The van der Waals surface area contributed by atoms with Crippen molar-refractivity contribution in [1.82, 2.24) is 15.4 Å². The van der Waals surface area contributed by atoms with Crippen molar-refractivity contribution in [3.05, 3.63) is 65.2 Å². The fourth-order valence-corrected chi connectivity index (χ4v) is 4.08. The van der Waals surface area contributed by atoms with Gasteiger partial charge in [0.2, 0.25) is 10.0 Å². The van der Waals surface area contributed by atoms with E-state index in [2.05, 4.69) is 58.5 Å². The largest absolute Gasteiger partial charge is 0.383 e. The number of sulfonamides is 1. The van der Waals surface area contributed by atoms with Crippen LogP contribution in [0.25, 0.3) is 0 Å². The van der Waals surface area contributed by atoms with E-state index in [0.29, 0.717) is 19.1 Å². The van der Waals surface area contributed by atoms with Gasteiger partial charge in [-0.15, -0.1) is 24.0 Å². The van der Waals surface area contributed by atoms with Gasteiger partial charge in [0.1, 0.15) is 0 Å². The number of rotatable bonds is 11. The van der Waals surface area contributed by atoms with E-state index < -0.39 is 10.0 Å². The third kappa shape index (κ3) is 9.05. The number of methoxy groups -OCH3 is 1. The topological polar surface area (TPSA) is 91.8 Å². The molecule has 0 bridgehead atoms. The minimum absolute atomic E-state index is 0. The van der Waals surface area contributed by atoms with Crippen LogP contribution in [0.2, 0.25) is 0 Å². The molecular formula is C23H35IN4O3S. The zero-order chi connectivity index (χ0) is 22.7. The molecule has 0 spiro atoms. The highest BCUT2D eigenvalue weighted by molar-refractivity contribution is 14.0. The van der Waals surface area contributed by atoms with Gasteiger partial charge in [0.25, 0.3) is 0 Å². The molecule has 0 aliphatic heterocycles. The number of aryl methyl sites for hydroxylation is 1. The van der Waals surface area contributed by atoms with Crippen molar-refractivity contribution < 1.29 is 13.2 Å². The molecule has 178 valence electrons. The molecule has 1 atom stereocenters. The average Bonchev–Trinajstić information content (AvgIpc) is 2.78. The lowest BCUT2D eigenvalue weighted by Gasteiger charge is -2.18. The number of nitrogens with one attached hydrogen (secondary N) is 3. The molecule has 0 aliphatic rings. The molecule has 9 heteroatoms. The molecule has 1 unspecified atom stereocenters. The first-order valence-corrected chi connectivity index (χ1v) is 12.1. The summed E-state index contributed by atoms with van der Waals surface area (Å²) in [6.07, 6.45) is 1.02. The summed E-state index contributed by atoms with van der Waals surface area (Å²) in [5.74, 6) is 0.682. The molecule has 7 nitrogen and oxygen atoms in total. The van der Waals surface area contributed by atoms with Crippen molar-refractivity contribution in [2.75, 3.05) is 26.8 Å². The second kappa shape index (κ2) is 14.5. The average molecular weight is 575 g/mol. The minimum atomic E-state index is -3.57. The molecule has 0 fully saturated rings. The van der Waals surface area contributed by atoms with Crippen LogP contribution in [0.15, 0.2) is 58.4 Å². The third-order valence-corrected chi connectivity index (χ3v) is 6.27. The van der Waals surface area contributed by atoms with Crippen LogP contribution in [0.4, 0.5) is 0 Å². The Balaban J connectivity index is 0.00000512. The van der Waals surface area contributed by atoms with E-state index in [1.54, 1.807) is 18.2 Å². The summed E-state index contributed by atoms with van der Waals surface area (Å²) in [5, 5.41) is 6.67. The van der Waals surface area contributed by atoms with Gasteiger partial charge >= 0.3 is 0 Å². The molecule has 0 saturated heterocycles. The lowest BCUT2D eigenvalue weighted by atomic mass is 10.1. The first-order valence-electron chi connectivity index (χ1n) is 10.6. The first-order chi connectivity index (χ1) is 14.9. The van der Waals surface area contributed by atoms with Crippen molar-refractivity contribution >= 4 is 40.0 Å². The van der Waals surface area contributed by atoms with Crippen molar-refractivity contribution in [1.29, 1.82) is 0 Å². The van der Waals surface area contributed by atoms with E-state index >= 15 is 0 Å². The van der Waals surface area contributed by atoms with Gasteiger partial charge < -0.3 is 15.4 Å². The summed E-state index contributed by atoms with van der Waals surface area (Å²) in [7, 11) is -2.04. The highest BCUT2D eigenvalue weighted by Crippen LogP contribution is 2.15. The zero-order valence-corrected chi connectivity index (χ0v) is 22.4. The Hall–Kier alpha value is -1.69. The third-order valence-electron chi connectivity index (χ3n) is 4.81. The number of ether oxygens (including phenoxy) is 1. The molecule has 0 radical (unpaired) electrons. The van der Waals surface area contributed by atoms with Crippen LogP contribution in [0.1, 0.15) is 43.5 Å². The van der Waals surface area contributed by atoms with E-state index in [1.807, 2.05) is 13.0 Å². The highest BCUT2D eigenvalue weighted by atomic mass is 127. The SMILES string of the molecule is CCNC(=NCc1cccc(S(=O)(=O)NCCOC)c1)NC(C)c1ccc(CC)cc1.I. The van der Waals surface area contributed by atoms with Crippen LogP contribution in [0.3, 0.4) is 0 Å². The van der Waals surface area contributed by atoms with Crippen LogP contribution in [0.5, 0.6) is 0 Å². The van der Waals surface area contributed by atoms with Crippen LogP contribution in [0, 0.1) is 0 Å². The second-order valence-corrected chi connectivity index (χ2v) is 8.96. The summed E-state index contributed by atoms with van der Waals surface area (Å²) in [5.41, 5.74) is 3.30. The molecule has 0 heterocycles. The molecule has 3 N–H and O–H groups in total. The molecule has 2 aromatic carbocycles. The van der Waals surface area contributed by atoms with Gasteiger partial charge in [0.05, 0.1) is 24.1 Å². The molecule has 0 aromatic heterocycles. The number of nitrogens with zero attached hydrogens (tertiary/aromatic N) is 1. The van der Waals surface area contributed by atoms with E-state index in [0.717, 1.165) is 18.5 Å². The maximum Gasteiger partial charge on any atom is 0.240 e. The van der Waals surface area contributed by atoms with Gasteiger partial charge in [-0.05, 0) is 49.1 Å². The highest BCUT2D eigenvalue weighted by Gasteiger charge is 2.14. The molecule has 32 heavy (non-hydrogen) atoms. The number of hydrogen-bond donors (Lipinski definition) is 3. The monoisotopic (exact) mass is 574 g/mol. The zero-order valence-electron chi connectivity index (χ0n) is 19.2. The normalized spacial score (nSPS) is 12.7. The van der Waals surface area contributed by atoms with Crippen molar-refractivity contribution in [2.24, 2.45) is 4.99 Å². The number of guanidine groups is 1. The molecule has 2 aromatic rings. The predicted octanol–water partition coefficient (Wildman–Crippen LogP) is 3.61. The lowest BCUT2D eigenvalue weighted by molar-refractivity contribution is 0.204. The summed E-state index contributed by atoms with van der Waals surface area (Å²) in [4.78, 5) is 4.86. The van der Waals surface area contributed by atoms with Crippen LogP contribution >= 0.6 is 24.0 Å². The number of hydrogen-bond acceptors (Lipinski definition) is 4. The van der Waals surface area contributed by atoms with E-state index in [9.17, 15) is 8.42 Å². The van der Waals surface area contributed by atoms with Crippen molar-refractivity contribution in [3.63, 3.8) is 0 Å². The van der Waals surface area contributed by atoms with E-state index in [-0.39, 0.29) is 41.5 Å². The number of halogens is 1. The molecule has 0 aliphatic carbocycles. The summed E-state index contributed by atoms with van der Waals surface area (Å²) in [6.45, 7) is 7.88. The smallest absolute Gasteiger partial charge is 0.240 e. The predicted molar refractivity (Wildman–Crippen MR) is 141 cm³/mol. The lowest BCUT2D eigenvalue weighted by Crippen LogP contribution is -2.38. The quantitative estimate of drug-likeness (QED) is 0.165. The van der Waals surface area contributed by atoms with Gasteiger partial charge in [-0.1, -0.05) is 43.3 Å². The Morgan fingerprint density at radius 2 is 1.81 bits per heavy atom. The summed E-state index contributed by atoms with van der Waals surface area (Å²) < 4.78 is 32.3. The van der Waals surface area contributed by atoms with Crippen LogP contribution < -0.4 is 15.4 Å². The Morgan fingerprint density at radius 3 is 2.44 bits per heavy atom. The minimum Gasteiger partial charge on any atom is -0.383 e.